The van der Waals surface area contributed by atoms with Crippen molar-refractivity contribution in [3.05, 3.63) is 29.8 Å². The summed E-state index contributed by atoms with van der Waals surface area (Å²) in [6.07, 6.45) is 0. The van der Waals surface area contributed by atoms with Gasteiger partial charge in [0.25, 0.3) is 5.91 Å². The lowest BCUT2D eigenvalue weighted by Gasteiger charge is -2.14. The summed E-state index contributed by atoms with van der Waals surface area (Å²) in [7, 11) is -3.77. The van der Waals surface area contributed by atoms with Crippen LogP contribution >= 0.6 is 0 Å². The molecule has 1 aliphatic heterocycles. The van der Waals surface area contributed by atoms with Crippen molar-refractivity contribution in [2.75, 3.05) is 6.54 Å². The van der Waals surface area contributed by atoms with E-state index in [1.165, 1.54) is 24.3 Å². The second-order valence-electron chi connectivity index (χ2n) is 6.06. The number of hydrogen-bond acceptors (Lipinski definition) is 5. The van der Waals surface area contributed by atoms with Crippen LogP contribution in [0.15, 0.2) is 29.2 Å². The normalized spacial score (nSPS) is 17.8. The van der Waals surface area contributed by atoms with E-state index in [1.54, 1.807) is 13.8 Å². The van der Waals surface area contributed by atoms with Gasteiger partial charge < -0.3 is 10.6 Å². The number of urea groups is 1. The van der Waals surface area contributed by atoms with Crippen molar-refractivity contribution < 1.29 is 22.8 Å². The first-order valence-electron chi connectivity index (χ1n) is 7.60. The third-order valence-corrected chi connectivity index (χ3v) is 4.70. The zero-order chi connectivity index (χ0) is 18.8. The lowest BCUT2D eigenvalue weighted by Crippen LogP contribution is -2.41. The molecule has 10 heteroatoms. The van der Waals surface area contributed by atoms with Crippen molar-refractivity contribution in [3.63, 3.8) is 0 Å². The van der Waals surface area contributed by atoms with Gasteiger partial charge in [0.2, 0.25) is 15.9 Å². The van der Waals surface area contributed by atoms with Gasteiger partial charge >= 0.3 is 6.03 Å². The van der Waals surface area contributed by atoms with Crippen LogP contribution in [0.25, 0.3) is 0 Å². The maximum atomic E-state index is 12.1. The molecule has 1 saturated heterocycles. The Morgan fingerprint density at radius 2 is 1.88 bits per heavy atom. The van der Waals surface area contributed by atoms with Crippen LogP contribution in [-0.2, 0) is 26.2 Å². The summed E-state index contributed by atoms with van der Waals surface area (Å²) in [5.41, 5.74) is 0.651. The van der Waals surface area contributed by atoms with E-state index in [0.29, 0.717) is 5.56 Å². The average Bonchev–Trinajstić information content (AvgIpc) is 2.81. The van der Waals surface area contributed by atoms with E-state index in [0.717, 1.165) is 4.90 Å². The Morgan fingerprint density at radius 1 is 1.28 bits per heavy atom. The van der Waals surface area contributed by atoms with E-state index in [9.17, 15) is 22.8 Å². The van der Waals surface area contributed by atoms with Crippen LogP contribution in [0.5, 0.6) is 0 Å². The number of amides is 4. The summed E-state index contributed by atoms with van der Waals surface area (Å²) in [6, 6.07) is 4.50. The highest BCUT2D eigenvalue weighted by Crippen LogP contribution is 2.13. The van der Waals surface area contributed by atoms with E-state index in [4.69, 9.17) is 5.14 Å². The van der Waals surface area contributed by atoms with E-state index in [1.807, 2.05) is 0 Å². The maximum Gasteiger partial charge on any atom is 0.325 e. The third-order valence-electron chi connectivity index (χ3n) is 3.77. The van der Waals surface area contributed by atoms with E-state index >= 15 is 0 Å². The molecule has 1 aromatic carbocycles. The first-order valence-corrected chi connectivity index (χ1v) is 9.14. The number of benzene rings is 1. The van der Waals surface area contributed by atoms with Crippen LogP contribution in [0.2, 0.25) is 0 Å². The summed E-state index contributed by atoms with van der Waals surface area (Å²) in [6.45, 7) is 3.36. The minimum atomic E-state index is -3.77. The Morgan fingerprint density at radius 3 is 2.36 bits per heavy atom. The topological polar surface area (TPSA) is 139 Å². The SMILES string of the molecule is CC(C)C1NC(=O)N(CC(=O)NCc2ccc(S(N)(=O)=O)cc2)C1=O. The Hall–Kier alpha value is -2.46. The number of sulfonamides is 1. The van der Waals surface area contributed by atoms with Crippen molar-refractivity contribution in [1.82, 2.24) is 15.5 Å². The molecule has 1 fully saturated rings. The molecule has 4 amide bonds. The fraction of sp³-hybridized carbons (Fsp3) is 0.400. The molecule has 136 valence electrons. The molecule has 0 saturated carbocycles. The highest BCUT2D eigenvalue weighted by Gasteiger charge is 2.40. The third kappa shape index (κ3) is 4.54. The predicted molar refractivity (Wildman–Crippen MR) is 88.5 cm³/mol. The lowest BCUT2D eigenvalue weighted by atomic mass is 10.1. The molecule has 1 aromatic rings. The summed E-state index contributed by atoms with van der Waals surface area (Å²) in [5, 5.41) is 10.1. The number of nitrogens with two attached hydrogens (primary N) is 1. The standard InChI is InChI=1S/C15H20N4O5S/c1-9(2)13-14(21)19(15(22)18-13)8-12(20)17-7-10-3-5-11(6-4-10)25(16,23)24/h3-6,9,13H,7-8H2,1-2H3,(H,17,20)(H,18,22)(H2,16,23,24). The lowest BCUT2D eigenvalue weighted by molar-refractivity contribution is -0.132. The summed E-state index contributed by atoms with van der Waals surface area (Å²) < 4.78 is 22.3. The number of hydrogen-bond donors (Lipinski definition) is 3. The minimum Gasteiger partial charge on any atom is -0.350 e. The number of imide groups is 1. The minimum absolute atomic E-state index is 0.0263. The van der Waals surface area contributed by atoms with Crippen LogP contribution in [0, 0.1) is 5.92 Å². The molecule has 1 heterocycles. The van der Waals surface area contributed by atoms with E-state index < -0.39 is 33.9 Å². The van der Waals surface area contributed by atoms with Crippen molar-refractivity contribution in [1.29, 1.82) is 0 Å². The van der Waals surface area contributed by atoms with Crippen molar-refractivity contribution in [3.8, 4) is 0 Å². The van der Waals surface area contributed by atoms with E-state index in [-0.39, 0.29) is 23.9 Å². The predicted octanol–water partition coefficient (Wildman–Crippen LogP) is -0.473. The van der Waals surface area contributed by atoms with Gasteiger partial charge in [-0.25, -0.2) is 18.4 Å². The molecule has 0 spiro atoms. The van der Waals surface area contributed by atoms with Gasteiger partial charge in [-0.15, -0.1) is 0 Å². The van der Waals surface area contributed by atoms with Gasteiger partial charge in [-0.3, -0.25) is 14.5 Å². The monoisotopic (exact) mass is 368 g/mol. The molecule has 2 rings (SSSR count). The molecular weight excluding hydrogens is 348 g/mol. The second kappa shape index (κ2) is 7.19. The van der Waals surface area contributed by atoms with Gasteiger partial charge in [-0.1, -0.05) is 26.0 Å². The Kier molecular flexibility index (Phi) is 5.43. The molecule has 0 bridgehead atoms. The molecule has 4 N–H and O–H groups in total. The molecule has 0 radical (unpaired) electrons. The van der Waals surface area contributed by atoms with Gasteiger partial charge in [0.15, 0.2) is 0 Å². The van der Waals surface area contributed by atoms with Crippen LogP contribution in [-0.4, -0.2) is 43.7 Å². The first-order chi connectivity index (χ1) is 11.6. The Balaban J connectivity index is 1.91. The van der Waals surface area contributed by atoms with E-state index in [2.05, 4.69) is 10.6 Å². The summed E-state index contributed by atoms with van der Waals surface area (Å²) in [4.78, 5) is 36.7. The second-order valence-corrected chi connectivity index (χ2v) is 7.62. The fourth-order valence-corrected chi connectivity index (χ4v) is 2.85. The molecular formula is C15H20N4O5S. The molecule has 1 aliphatic rings. The Bertz CT molecular complexity index is 789. The largest absolute Gasteiger partial charge is 0.350 e. The summed E-state index contributed by atoms with van der Waals surface area (Å²) in [5.74, 6) is -0.988. The van der Waals surface area contributed by atoms with Crippen molar-refractivity contribution in [2.24, 2.45) is 11.1 Å². The quantitative estimate of drug-likeness (QED) is 0.583. The number of nitrogens with zero attached hydrogens (tertiary/aromatic N) is 1. The fourth-order valence-electron chi connectivity index (χ4n) is 2.34. The summed E-state index contributed by atoms with van der Waals surface area (Å²) >= 11 is 0. The number of carbonyl (C=O) groups is 3. The van der Waals surface area contributed by atoms with Crippen molar-refractivity contribution >= 4 is 27.9 Å². The number of rotatable bonds is 6. The van der Waals surface area contributed by atoms with Crippen LogP contribution < -0.4 is 15.8 Å². The van der Waals surface area contributed by atoms with Crippen LogP contribution in [0.3, 0.4) is 0 Å². The zero-order valence-electron chi connectivity index (χ0n) is 13.9. The molecule has 1 unspecified atom stereocenters. The van der Waals surface area contributed by atoms with Crippen LogP contribution in [0.4, 0.5) is 4.79 Å². The number of carbonyl (C=O) groups excluding carboxylic acids is 3. The Labute approximate surface area is 145 Å². The molecule has 0 aliphatic carbocycles. The van der Waals surface area contributed by atoms with Gasteiger partial charge in [0, 0.05) is 6.54 Å². The smallest absolute Gasteiger partial charge is 0.325 e. The average molecular weight is 368 g/mol. The van der Waals surface area contributed by atoms with Gasteiger partial charge in [-0.05, 0) is 23.6 Å². The first kappa shape index (κ1) is 18.9. The van der Waals surface area contributed by atoms with Crippen molar-refractivity contribution in [2.45, 2.75) is 31.3 Å². The number of nitrogens with one attached hydrogen (secondary N) is 2. The maximum absolute atomic E-state index is 12.1. The number of primary sulfonamides is 1. The van der Waals surface area contributed by atoms with Gasteiger partial charge in [-0.2, -0.15) is 0 Å². The highest BCUT2D eigenvalue weighted by atomic mass is 32.2. The molecule has 9 nitrogen and oxygen atoms in total. The molecule has 0 aromatic heterocycles. The molecule has 25 heavy (non-hydrogen) atoms. The zero-order valence-corrected chi connectivity index (χ0v) is 14.7. The molecule has 1 atom stereocenters. The van der Waals surface area contributed by atoms with Crippen LogP contribution in [0.1, 0.15) is 19.4 Å². The van der Waals surface area contributed by atoms with Gasteiger partial charge in [0.1, 0.15) is 12.6 Å². The highest BCUT2D eigenvalue weighted by molar-refractivity contribution is 7.89. The van der Waals surface area contributed by atoms with Gasteiger partial charge in [0.05, 0.1) is 4.90 Å².